The first kappa shape index (κ1) is 18.9. The summed E-state index contributed by atoms with van der Waals surface area (Å²) >= 11 is 0. The van der Waals surface area contributed by atoms with Crippen molar-refractivity contribution in [1.29, 1.82) is 0 Å². The Balaban J connectivity index is 2.01. The van der Waals surface area contributed by atoms with Gasteiger partial charge in [0.15, 0.2) is 11.6 Å². The molecular formula is C19H18N6O3. The summed E-state index contributed by atoms with van der Waals surface area (Å²) < 4.78 is 10.2. The molecule has 0 aliphatic heterocycles. The number of carbonyl (C=O) groups is 1. The van der Waals surface area contributed by atoms with Crippen molar-refractivity contribution in [3.8, 4) is 11.8 Å². The van der Waals surface area contributed by atoms with Gasteiger partial charge in [0, 0.05) is 23.3 Å². The smallest absolute Gasteiger partial charge is 0.218 e. The van der Waals surface area contributed by atoms with Crippen molar-refractivity contribution in [1.82, 2.24) is 19.9 Å². The lowest BCUT2D eigenvalue weighted by Crippen LogP contribution is -2.15. The molecule has 0 amide bonds. The van der Waals surface area contributed by atoms with E-state index in [9.17, 15) is 4.79 Å². The van der Waals surface area contributed by atoms with Crippen molar-refractivity contribution in [2.24, 2.45) is 4.99 Å². The molecule has 0 saturated heterocycles. The van der Waals surface area contributed by atoms with Gasteiger partial charge in [-0.3, -0.25) is 4.79 Å². The highest BCUT2D eigenvalue weighted by Crippen LogP contribution is 2.18. The summed E-state index contributed by atoms with van der Waals surface area (Å²) in [6.07, 6.45) is 2.74. The lowest BCUT2D eigenvalue weighted by molar-refractivity contribution is 0.101. The molecule has 0 radical (unpaired) electrons. The molecule has 142 valence electrons. The Bertz CT molecular complexity index is 1000. The Morgan fingerprint density at radius 3 is 2.14 bits per heavy atom. The van der Waals surface area contributed by atoms with Gasteiger partial charge in [0.1, 0.15) is 24.3 Å². The average molecular weight is 378 g/mol. The minimum absolute atomic E-state index is 0.0147. The van der Waals surface area contributed by atoms with Crippen LogP contribution < -0.4 is 14.8 Å². The van der Waals surface area contributed by atoms with E-state index in [1.54, 1.807) is 36.4 Å². The average Bonchev–Trinajstić information content (AvgIpc) is 2.73. The summed E-state index contributed by atoms with van der Waals surface area (Å²) in [5.74, 6) is 2.14. The molecule has 0 saturated carbocycles. The molecule has 3 aromatic rings. The zero-order valence-electron chi connectivity index (χ0n) is 15.6. The molecule has 3 rings (SSSR count). The third-order valence-corrected chi connectivity index (χ3v) is 3.73. The number of methoxy groups -OCH3 is 2. The van der Waals surface area contributed by atoms with Crippen LogP contribution in [0.5, 0.6) is 11.8 Å². The zero-order valence-corrected chi connectivity index (χ0v) is 15.6. The van der Waals surface area contributed by atoms with Crippen LogP contribution in [0.3, 0.4) is 0 Å². The van der Waals surface area contributed by atoms with Gasteiger partial charge in [0.2, 0.25) is 11.8 Å². The first-order valence-electron chi connectivity index (χ1n) is 8.28. The molecule has 1 aromatic carbocycles. The Morgan fingerprint density at radius 1 is 0.893 bits per heavy atom. The maximum atomic E-state index is 11.5. The van der Waals surface area contributed by atoms with Crippen LogP contribution >= 0.6 is 0 Å². The van der Waals surface area contributed by atoms with Gasteiger partial charge < -0.3 is 14.8 Å². The van der Waals surface area contributed by atoms with Crippen molar-refractivity contribution in [2.45, 2.75) is 6.92 Å². The fourth-order valence-electron chi connectivity index (χ4n) is 2.29. The third kappa shape index (κ3) is 4.64. The number of ketones is 1. The van der Waals surface area contributed by atoms with E-state index in [1.807, 2.05) is 0 Å². The molecule has 0 atom stereocenters. The highest BCUT2D eigenvalue weighted by atomic mass is 16.5. The lowest BCUT2D eigenvalue weighted by Gasteiger charge is -2.11. The molecule has 2 heterocycles. The van der Waals surface area contributed by atoms with E-state index in [2.05, 4.69) is 30.2 Å². The van der Waals surface area contributed by atoms with E-state index in [4.69, 9.17) is 9.47 Å². The van der Waals surface area contributed by atoms with Crippen molar-refractivity contribution in [3.63, 3.8) is 0 Å². The summed E-state index contributed by atoms with van der Waals surface area (Å²) in [6, 6.07) is 10.3. The Hall–Kier alpha value is -3.88. The monoisotopic (exact) mass is 378 g/mol. The van der Waals surface area contributed by atoms with Crippen LogP contribution in [0.2, 0.25) is 0 Å². The number of benzene rings is 1. The van der Waals surface area contributed by atoms with Gasteiger partial charge in [0.25, 0.3) is 0 Å². The van der Waals surface area contributed by atoms with E-state index >= 15 is 0 Å². The van der Waals surface area contributed by atoms with Crippen LogP contribution in [-0.2, 0) is 0 Å². The van der Waals surface area contributed by atoms with Crippen LogP contribution in [0.25, 0.3) is 0 Å². The fourth-order valence-corrected chi connectivity index (χ4v) is 2.29. The molecule has 9 nitrogen and oxygen atoms in total. The number of Topliss-reactive ketones (excluding diaryl/α,β-unsaturated/α-hetero) is 1. The molecule has 2 aromatic heterocycles. The number of nitrogens with one attached hydrogen (secondary N) is 1. The number of rotatable bonds is 6. The standard InChI is InChI=1S/C19H18N6O3/c1-12(26)13-4-6-14(7-5-13)19(24-15-8-17(27-2)22-10-20-15)25-16-9-18(28-3)23-11-21-16/h4-11H,1-3H3,(H,20,21,22,23,24,25). The summed E-state index contributed by atoms with van der Waals surface area (Å²) in [5, 5.41) is 3.14. The quantitative estimate of drug-likeness (QED) is 0.396. The van der Waals surface area contributed by atoms with E-state index in [-0.39, 0.29) is 5.78 Å². The van der Waals surface area contributed by atoms with Crippen molar-refractivity contribution in [2.75, 3.05) is 19.5 Å². The Kier molecular flexibility index (Phi) is 5.85. The van der Waals surface area contributed by atoms with Crippen molar-refractivity contribution in [3.05, 3.63) is 60.2 Å². The Labute approximate surface area is 161 Å². The minimum Gasteiger partial charge on any atom is -0.481 e. The fraction of sp³-hybridized carbons (Fsp3) is 0.158. The van der Waals surface area contributed by atoms with Gasteiger partial charge in [0.05, 0.1) is 14.2 Å². The number of amidine groups is 1. The number of aromatic nitrogens is 4. The zero-order chi connectivity index (χ0) is 19.9. The third-order valence-electron chi connectivity index (χ3n) is 3.73. The van der Waals surface area contributed by atoms with Crippen molar-refractivity contribution >= 4 is 23.3 Å². The molecule has 0 bridgehead atoms. The van der Waals surface area contributed by atoms with E-state index in [0.29, 0.717) is 34.8 Å². The number of ether oxygens (including phenoxy) is 2. The summed E-state index contributed by atoms with van der Waals surface area (Å²) in [4.78, 5) is 32.4. The highest BCUT2D eigenvalue weighted by Gasteiger charge is 2.09. The van der Waals surface area contributed by atoms with E-state index in [1.165, 1.54) is 33.8 Å². The van der Waals surface area contributed by atoms with E-state index < -0.39 is 0 Å². The van der Waals surface area contributed by atoms with Gasteiger partial charge in [-0.2, -0.15) is 0 Å². The summed E-state index contributed by atoms with van der Waals surface area (Å²) in [5.41, 5.74) is 1.34. The van der Waals surface area contributed by atoms with Gasteiger partial charge in [-0.05, 0) is 6.92 Å². The maximum absolute atomic E-state index is 11.5. The first-order valence-corrected chi connectivity index (χ1v) is 8.28. The Morgan fingerprint density at radius 2 is 1.50 bits per heavy atom. The van der Waals surface area contributed by atoms with Gasteiger partial charge >= 0.3 is 0 Å². The van der Waals surface area contributed by atoms with E-state index in [0.717, 1.165) is 5.56 Å². The maximum Gasteiger partial charge on any atom is 0.218 e. The second-order valence-corrected chi connectivity index (χ2v) is 5.58. The van der Waals surface area contributed by atoms with Crippen LogP contribution in [0.15, 0.2) is 54.0 Å². The van der Waals surface area contributed by atoms with Gasteiger partial charge in [-0.15, -0.1) is 0 Å². The molecule has 0 aliphatic carbocycles. The van der Waals surface area contributed by atoms with Gasteiger partial charge in [-0.1, -0.05) is 24.3 Å². The second kappa shape index (κ2) is 8.67. The molecule has 0 spiro atoms. The van der Waals surface area contributed by atoms with Crippen LogP contribution in [0, 0.1) is 0 Å². The van der Waals surface area contributed by atoms with Crippen molar-refractivity contribution < 1.29 is 14.3 Å². The molecular weight excluding hydrogens is 360 g/mol. The van der Waals surface area contributed by atoms with Crippen LogP contribution in [-0.4, -0.2) is 45.8 Å². The minimum atomic E-state index is -0.0147. The lowest BCUT2D eigenvalue weighted by atomic mass is 10.1. The topological polar surface area (TPSA) is 111 Å². The number of hydrogen-bond donors (Lipinski definition) is 1. The van der Waals surface area contributed by atoms with Crippen LogP contribution in [0.1, 0.15) is 22.8 Å². The number of nitrogens with zero attached hydrogens (tertiary/aromatic N) is 5. The van der Waals surface area contributed by atoms with Crippen LogP contribution in [0.4, 0.5) is 11.6 Å². The molecule has 0 fully saturated rings. The molecule has 28 heavy (non-hydrogen) atoms. The number of anilines is 1. The highest BCUT2D eigenvalue weighted by molar-refractivity contribution is 6.09. The first-order chi connectivity index (χ1) is 13.6. The summed E-state index contributed by atoms with van der Waals surface area (Å²) in [7, 11) is 3.04. The number of aliphatic imine (C=N–C) groups is 1. The largest absolute Gasteiger partial charge is 0.481 e. The molecule has 1 N–H and O–H groups in total. The molecule has 0 unspecified atom stereocenters. The predicted molar refractivity (Wildman–Crippen MR) is 103 cm³/mol. The van der Waals surface area contributed by atoms with Gasteiger partial charge in [-0.25, -0.2) is 24.9 Å². The number of hydrogen-bond acceptors (Lipinski definition) is 8. The second-order valence-electron chi connectivity index (χ2n) is 5.58. The number of carbonyl (C=O) groups excluding carboxylic acids is 1. The predicted octanol–water partition coefficient (Wildman–Crippen LogP) is 2.68. The molecule has 9 heteroatoms. The normalized spacial score (nSPS) is 11.0. The summed E-state index contributed by atoms with van der Waals surface area (Å²) in [6.45, 7) is 1.52. The molecule has 0 aliphatic rings. The SMILES string of the molecule is COc1cc(/N=C(/Nc2cc(OC)ncn2)c2ccc(C(C)=O)cc2)ncn1.